The van der Waals surface area contributed by atoms with Gasteiger partial charge < -0.3 is 0 Å². The van der Waals surface area contributed by atoms with Gasteiger partial charge in [-0.1, -0.05) is 0 Å². The van der Waals surface area contributed by atoms with Crippen LogP contribution in [0.4, 0.5) is 4.79 Å². The molecule has 2 rings (SSSR count). The summed E-state index contributed by atoms with van der Waals surface area (Å²) in [5, 5.41) is 5.50. The van der Waals surface area contributed by atoms with Crippen LogP contribution in [0.25, 0.3) is 0 Å². The highest BCUT2D eigenvalue weighted by Crippen LogP contribution is 2.00. The summed E-state index contributed by atoms with van der Waals surface area (Å²) in [5.41, 5.74) is 0. The van der Waals surface area contributed by atoms with Crippen LogP contribution >= 0.6 is 0 Å². The number of amides is 2. The van der Waals surface area contributed by atoms with Gasteiger partial charge in [-0.25, -0.2) is 18.4 Å². The first-order valence-corrected chi connectivity index (χ1v) is 5.16. The van der Waals surface area contributed by atoms with Gasteiger partial charge in [0.1, 0.15) is 0 Å². The van der Waals surface area contributed by atoms with Crippen molar-refractivity contribution < 1.29 is 13.2 Å². The molecule has 0 aliphatic carbocycles. The van der Waals surface area contributed by atoms with Crippen molar-refractivity contribution in [1.82, 2.24) is 0 Å². The molecule has 2 amide bonds. The van der Waals surface area contributed by atoms with Gasteiger partial charge in [-0.15, -0.1) is 0 Å². The zero-order valence-electron chi connectivity index (χ0n) is 6.84. The van der Waals surface area contributed by atoms with Crippen molar-refractivity contribution in [2.75, 3.05) is 0 Å². The number of nitrogens with two attached hydrogens (primary N) is 1. The third-order valence-corrected chi connectivity index (χ3v) is 2.62. The molecule has 6 nitrogen and oxygen atoms in total. The average molecular weight is 211 g/mol. The molecule has 2 N–H and O–H groups in total. The van der Waals surface area contributed by atoms with Crippen molar-refractivity contribution in [1.29, 1.82) is 0 Å². The van der Waals surface area contributed by atoms with Crippen LogP contribution in [0, 0.1) is 0 Å². The normalized spacial score (nSPS) is 14.5. The first kappa shape index (κ1) is 8.97. The SMILES string of the molecule is NS(=O)(=O)c1ccc2c(c1)=NC(=O)N=2. The Labute approximate surface area is 78.8 Å². The van der Waals surface area contributed by atoms with E-state index in [-0.39, 0.29) is 10.3 Å². The van der Waals surface area contributed by atoms with Gasteiger partial charge >= 0.3 is 6.03 Å². The Kier molecular flexibility index (Phi) is 1.73. The van der Waals surface area contributed by atoms with Gasteiger partial charge in [-0.05, 0) is 18.2 Å². The van der Waals surface area contributed by atoms with Crippen molar-refractivity contribution in [2.24, 2.45) is 15.1 Å². The average Bonchev–Trinajstić information content (AvgIpc) is 2.41. The molecule has 0 bridgehead atoms. The minimum atomic E-state index is -3.75. The topological polar surface area (TPSA) is 102 Å². The molecule has 0 unspecified atom stereocenters. The van der Waals surface area contributed by atoms with Crippen molar-refractivity contribution in [3.05, 3.63) is 28.9 Å². The van der Waals surface area contributed by atoms with Crippen LogP contribution < -0.4 is 15.9 Å². The van der Waals surface area contributed by atoms with E-state index >= 15 is 0 Å². The van der Waals surface area contributed by atoms with Crippen LogP contribution in [0.15, 0.2) is 33.1 Å². The molecule has 0 saturated carbocycles. The highest BCUT2D eigenvalue weighted by atomic mass is 32.2. The molecule has 1 aromatic carbocycles. The van der Waals surface area contributed by atoms with E-state index in [1.54, 1.807) is 0 Å². The van der Waals surface area contributed by atoms with Crippen LogP contribution in [0.1, 0.15) is 0 Å². The Balaban J connectivity index is 2.79. The number of hydrogen-bond acceptors (Lipinski definition) is 3. The molecule has 0 saturated heterocycles. The zero-order valence-corrected chi connectivity index (χ0v) is 7.65. The molecule has 0 radical (unpaired) electrons. The summed E-state index contributed by atoms with van der Waals surface area (Å²) in [4.78, 5) is 17.7. The van der Waals surface area contributed by atoms with Gasteiger partial charge in [0.2, 0.25) is 10.0 Å². The Bertz CT molecular complexity index is 633. The highest BCUT2D eigenvalue weighted by Gasteiger charge is 2.11. The summed E-state index contributed by atoms with van der Waals surface area (Å²) in [6.45, 7) is 0. The van der Waals surface area contributed by atoms with E-state index in [1.807, 2.05) is 0 Å². The van der Waals surface area contributed by atoms with Crippen molar-refractivity contribution in [2.45, 2.75) is 4.90 Å². The lowest BCUT2D eigenvalue weighted by Gasteiger charge is -1.94. The number of carbonyl (C=O) groups excluding carboxylic acids is 1. The monoisotopic (exact) mass is 211 g/mol. The molecular weight excluding hydrogens is 206 g/mol. The molecule has 0 atom stereocenters. The van der Waals surface area contributed by atoms with Crippen LogP contribution in [-0.2, 0) is 10.0 Å². The number of carbonyl (C=O) groups is 1. The van der Waals surface area contributed by atoms with Gasteiger partial charge in [-0.2, -0.15) is 9.98 Å². The Morgan fingerprint density at radius 3 is 2.43 bits per heavy atom. The lowest BCUT2D eigenvalue weighted by atomic mass is 10.3. The molecule has 72 valence electrons. The smallest absolute Gasteiger partial charge is 0.244 e. The molecule has 1 heterocycles. The summed E-state index contributed by atoms with van der Waals surface area (Å²) in [6.07, 6.45) is 0. The second kappa shape index (κ2) is 2.69. The largest absolute Gasteiger partial charge is 0.368 e. The first-order valence-electron chi connectivity index (χ1n) is 3.61. The van der Waals surface area contributed by atoms with E-state index in [1.165, 1.54) is 18.2 Å². The Morgan fingerprint density at radius 2 is 1.79 bits per heavy atom. The predicted octanol–water partition coefficient (Wildman–Crippen LogP) is -1.29. The fourth-order valence-corrected chi connectivity index (χ4v) is 1.63. The fraction of sp³-hybridized carbons (Fsp3) is 0. The number of sulfonamides is 1. The maximum Gasteiger partial charge on any atom is 0.368 e. The van der Waals surface area contributed by atoms with Crippen LogP contribution in [-0.4, -0.2) is 14.4 Å². The van der Waals surface area contributed by atoms with Gasteiger partial charge in [0.15, 0.2) is 0 Å². The maximum atomic E-state index is 10.9. The van der Waals surface area contributed by atoms with E-state index in [9.17, 15) is 13.2 Å². The molecule has 1 aliphatic heterocycles. The number of rotatable bonds is 1. The molecule has 0 spiro atoms. The van der Waals surface area contributed by atoms with E-state index in [0.717, 1.165) is 0 Å². The van der Waals surface area contributed by atoms with E-state index < -0.39 is 16.1 Å². The van der Waals surface area contributed by atoms with E-state index in [0.29, 0.717) is 5.36 Å². The minimum Gasteiger partial charge on any atom is -0.244 e. The molecule has 7 heteroatoms. The number of benzene rings is 1. The third kappa shape index (κ3) is 1.42. The molecule has 14 heavy (non-hydrogen) atoms. The lowest BCUT2D eigenvalue weighted by molar-refractivity contribution is 0.256. The highest BCUT2D eigenvalue weighted by molar-refractivity contribution is 7.89. The van der Waals surface area contributed by atoms with Crippen molar-refractivity contribution in [3.8, 4) is 0 Å². The molecule has 0 fully saturated rings. The van der Waals surface area contributed by atoms with Crippen molar-refractivity contribution >= 4 is 16.1 Å². The summed E-state index contributed by atoms with van der Waals surface area (Å²) in [6, 6.07) is 3.26. The molecule has 1 aromatic rings. The van der Waals surface area contributed by atoms with Crippen LogP contribution in [0.5, 0.6) is 0 Å². The first-order chi connectivity index (χ1) is 6.47. The van der Waals surface area contributed by atoms with Crippen molar-refractivity contribution in [3.63, 3.8) is 0 Å². The summed E-state index contributed by atoms with van der Waals surface area (Å²) < 4.78 is 21.9. The zero-order chi connectivity index (χ0) is 10.3. The van der Waals surface area contributed by atoms with Gasteiger partial charge in [0.25, 0.3) is 0 Å². The van der Waals surface area contributed by atoms with Crippen LogP contribution in [0.2, 0.25) is 0 Å². The van der Waals surface area contributed by atoms with Gasteiger partial charge in [0, 0.05) is 0 Å². The number of fused-ring (bicyclic) bond motifs is 1. The molecule has 0 aromatic heterocycles. The lowest BCUT2D eigenvalue weighted by Crippen LogP contribution is -2.24. The molecule has 1 aliphatic rings. The fourth-order valence-electron chi connectivity index (χ4n) is 1.10. The van der Waals surface area contributed by atoms with E-state index in [2.05, 4.69) is 9.98 Å². The number of urea groups is 1. The quantitative estimate of drug-likeness (QED) is 0.624. The predicted molar refractivity (Wildman–Crippen MR) is 45.5 cm³/mol. The number of primary sulfonamides is 1. The molecular formula is C7H5N3O3S. The van der Waals surface area contributed by atoms with Gasteiger partial charge in [0.05, 0.1) is 15.6 Å². The van der Waals surface area contributed by atoms with Gasteiger partial charge in [-0.3, -0.25) is 0 Å². The Morgan fingerprint density at radius 1 is 1.14 bits per heavy atom. The second-order valence-corrected chi connectivity index (χ2v) is 4.26. The number of nitrogens with zero attached hydrogens (tertiary/aromatic N) is 2. The summed E-state index contributed by atoms with van der Waals surface area (Å²) >= 11 is 0. The standard InChI is InChI=1S/C7H5N3O3S/c8-14(12,13)4-1-2-5-6(3-4)10-7(11)9-5/h1-3H,(H2,8,12,13). The second-order valence-electron chi connectivity index (χ2n) is 2.70. The van der Waals surface area contributed by atoms with Crippen LogP contribution in [0.3, 0.4) is 0 Å². The van der Waals surface area contributed by atoms with E-state index in [4.69, 9.17) is 5.14 Å². The Hall–Kier alpha value is -1.60. The minimum absolute atomic E-state index is 0.0788. The summed E-state index contributed by atoms with van der Waals surface area (Å²) in [7, 11) is -3.75. The summed E-state index contributed by atoms with van der Waals surface area (Å²) in [5.74, 6) is 0. The third-order valence-electron chi connectivity index (χ3n) is 1.71. The number of hydrogen-bond donors (Lipinski definition) is 1. The maximum absolute atomic E-state index is 10.9.